The van der Waals surface area contributed by atoms with Crippen LogP contribution < -0.4 is 5.32 Å². The van der Waals surface area contributed by atoms with Gasteiger partial charge in [0.05, 0.1) is 17.0 Å². The van der Waals surface area contributed by atoms with Gasteiger partial charge in [-0.3, -0.25) is 0 Å². The second kappa shape index (κ2) is 8.09. The normalized spacial score (nSPS) is 16.2. The van der Waals surface area contributed by atoms with Crippen LogP contribution >= 0.6 is 11.6 Å². The fraction of sp³-hybridized carbons (Fsp3) is 0.316. The summed E-state index contributed by atoms with van der Waals surface area (Å²) in [5.74, 6) is 0.0295. The van der Waals surface area contributed by atoms with Crippen LogP contribution in [-0.4, -0.2) is 31.9 Å². The Morgan fingerprint density at radius 1 is 1.15 bits per heavy atom. The van der Waals surface area contributed by atoms with Crippen LogP contribution in [0.4, 0.5) is 5.69 Å². The number of piperidine rings is 1. The predicted molar refractivity (Wildman–Crippen MR) is 103 cm³/mol. The Kier molecular flexibility index (Phi) is 5.82. The van der Waals surface area contributed by atoms with Crippen molar-refractivity contribution in [2.24, 2.45) is 0 Å². The topological polar surface area (TPSA) is 73.2 Å². The van der Waals surface area contributed by atoms with E-state index < -0.39 is 10.0 Å². The van der Waals surface area contributed by atoms with Crippen LogP contribution in [0, 0.1) is 11.3 Å². The molecule has 0 bridgehead atoms. The monoisotopic (exact) mass is 389 g/mol. The summed E-state index contributed by atoms with van der Waals surface area (Å²) in [5, 5.41) is 13.1. The van der Waals surface area contributed by atoms with Gasteiger partial charge in [-0.25, -0.2) is 12.7 Å². The minimum absolute atomic E-state index is 0.0295. The van der Waals surface area contributed by atoms with Crippen molar-refractivity contribution in [2.75, 3.05) is 18.4 Å². The molecule has 1 aliphatic rings. The van der Waals surface area contributed by atoms with E-state index in [0.29, 0.717) is 36.5 Å². The van der Waals surface area contributed by atoms with Crippen LogP contribution in [0.3, 0.4) is 0 Å². The minimum atomic E-state index is -3.32. The quantitative estimate of drug-likeness (QED) is 0.847. The molecule has 0 radical (unpaired) electrons. The predicted octanol–water partition coefficient (Wildman–Crippen LogP) is 3.62. The third-order valence-corrected chi connectivity index (χ3v) is 6.59. The first kappa shape index (κ1) is 18.7. The molecule has 5 nitrogen and oxygen atoms in total. The highest BCUT2D eigenvalue weighted by molar-refractivity contribution is 7.88. The van der Waals surface area contributed by atoms with Crippen molar-refractivity contribution in [1.29, 1.82) is 5.26 Å². The van der Waals surface area contributed by atoms with Gasteiger partial charge >= 0.3 is 0 Å². The summed E-state index contributed by atoms with van der Waals surface area (Å²) < 4.78 is 26.8. The number of hydrogen-bond donors (Lipinski definition) is 1. The fourth-order valence-electron chi connectivity index (χ4n) is 3.11. The molecule has 1 saturated heterocycles. The molecule has 0 unspecified atom stereocenters. The second-order valence-electron chi connectivity index (χ2n) is 6.36. The lowest BCUT2D eigenvalue weighted by molar-refractivity contribution is 0.329. The van der Waals surface area contributed by atoms with Crippen molar-refractivity contribution in [3.05, 3.63) is 64.7 Å². The van der Waals surface area contributed by atoms with Crippen molar-refractivity contribution in [1.82, 2.24) is 4.31 Å². The molecule has 1 heterocycles. The number of nitrogens with zero attached hydrogens (tertiary/aromatic N) is 2. The van der Waals surface area contributed by atoms with Crippen LogP contribution in [-0.2, 0) is 15.8 Å². The molecule has 1 aliphatic heterocycles. The zero-order valence-electron chi connectivity index (χ0n) is 14.2. The molecular weight excluding hydrogens is 370 g/mol. The number of nitrogens with one attached hydrogen (secondary N) is 1. The van der Waals surface area contributed by atoms with Crippen LogP contribution in [0.25, 0.3) is 0 Å². The Bertz CT molecular complexity index is 902. The average molecular weight is 390 g/mol. The van der Waals surface area contributed by atoms with E-state index >= 15 is 0 Å². The lowest BCUT2D eigenvalue weighted by Gasteiger charge is -2.32. The first-order valence-corrected chi connectivity index (χ1v) is 10.4. The van der Waals surface area contributed by atoms with E-state index in [1.54, 1.807) is 22.5 Å². The molecule has 0 atom stereocenters. The van der Waals surface area contributed by atoms with Gasteiger partial charge in [0.25, 0.3) is 0 Å². The molecule has 1 N–H and O–H groups in total. The van der Waals surface area contributed by atoms with Gasteiger partial charge in [0.1, 0.15) is 6.07 Å². The molecule has 0 aromatic heterocycles. The first-order valence-electron chi connectivity index (χ1n) is 8.46. The molecule has 0 saturated carbocycles. The highest BCUT2D eigenvalue weighted by atomic mass is 35.5. The number of halogens is 1. The highest BCUT2D eigenvalue weighted by Gasteiger charge is 2.28. The maximum Gasteiger partial charge on any atom is 0.218 e. The Hall–Kier alpha value is -2.07. The highest BCUT2D eigenvalue weighted by Crippen LogP contribution is 2.24. The zero-order chi connectivity index (χ0) is 18.6. The van der Waals surface area contributed by atoms with E-state index in [9.17, 15) is 13.7 Å². The van der Waals surface area contributed by atoms with Crippen molar-refractivity contribution in [2.45, 2.75) is 24.6 Å². The SMILES string of the molecule is N#Cc1cc(Cl)ccc1NC1CCN(S(=O)(=O)Cc2ccccc2)CC1. The van der Waals surface area contributed by atoms with Gasteiger partial charge in [0.15, 0.2) is 0 Å². The summed E-state index contributed by atoms with van der Waals surface area (Å²) in [6.07, 6.45) is 1.39. The maximum absolute atomic E-state index is 12.6. The van der Waals surface area contributed by atoms with Gasteiger partial charge in [0.2, 0.25) is 10.0 Å². The molecule has 2 aromatic carbocycles. The minimum Gasteiger partial charge on any atom is -0.381 e. The lowest BCUT2D eigenvalue weighted by Crippen LogP contribution is -2.42. The average Bonchev–Trinajstić information content (AvgIpc) is 2.64. The summed E-state index contributed by atoms with van der Waals surface area (Å²) in [4.78, 5) is 0. The number of rotatable bonds is 5. The van der Waals surface area contributed by atoms with E-state index in [1.807, 2.05) is 30.3 Å². The molecule has 0 aliphatic carbocycles. The summed E-state index contributed by atoms with van der Waals surface area (Å²) in [6, 6.07) is 16.7. The molecule has 1 fully saturated rings. The van der Waals surface area contributed by atoms with Crippen molar-refractivity contribution < 1.29 is 8.42 Å². The number of sulfonamides is 1. The summed E-state index contributed by atoms with van der Waals surface area (Å²) in [6.45, 7) is 0.949. The van der Waals surface area contributed by atoms with Gasteiger partial charge in [-0.2, -0.15) is 5.26 Å². The Morgan fingerprint density at radius 2 is 1.85 bits per heavy atom. The van der Waals surface area contributed by atoms with Crippen LogP contribution in [0.1, 0.15) is 24.0 Å². The van der Waals surface area contributed by atoms with E-state index in [4.69, 9.17) is 11.6 Å². The molecule has 7 heteroatoms. The van der Waals surface area contributed by atoms with Gasteiger partial charge in [-0.1, -0.05) is 41.9 Å². The van der Waals surface area contributed by atoms with Crippen molar-refractivity contribution in [3.63, 3.8) is 0 Å². The molecule has 0 amide bonds. The fourth-order valence-corrected chi connectivity index (χ4v) is 4.84. The smallest absolute Gasteiger partial charge is 0.218 e. The molecular formula is C19H20ClN3O2S. The third-order valence-electron chi connectivity index (χ3n) is 4.50. The number of benzene rings is 2. The van der Waals surface area contributed by atoms with Gasteiger partial charge in [-0.15, -0.1) is 0 Å². The summed E-state index contributed by atoms with van der Waals surface area (Å²) in [5.41, 5.74) is 2.03. The zero-order valence-corrected chi connectivity index (χ0v) is 15.8. The van der Waals surface area contributed by atoms with Crippen molar-refractivity contribution >= 4 is 27.3 Å². The number of hydrogen-bond acceptors (Lipinski definition) is 4. The summed E-state index contributed by atoms with van der Waals surface area (Å²) >= 11 is 5.92. The van der Waals surface area contributed by atoms with E-state index in [-0.39, 0.29) is 11.8 Å². The molecule has 26 heavy (non-hydrogen) atoms. The van der Waals surface area contributed by atoms with E-state index in [1.165, 1.54) is 0 Å². The second-order valence-corrected chi connectivity index (χ2v) is 8.77. The first-order chi connectivity index (χ1) is 12.5. The Morgan fingerprint density at radius 3 is 2.50 bits per heavy atom. The standard InChI is InChI=1S/C19H20ClN3O2S/c20-17-6-7-19(16(12-17)13-21)22-18-8-10-23(11-9-18)26(24,25)14-15-4-2-1-3-5-15/h1-7,12,18,22H,8-11,14H2. The lowest BCUT2D eigenvalue weighted by atomic mass is 10.1. The van der Waals surface area contributed by atoms with Gasteiger partial charge in [0, 0.05) is 24.2 Å². The summed E-state index contributed by atoms with van der Waals surface area (Å²) in [7, 11) is -3.32. The van der Waals surface area contributed by atoms with Crippen LogP contribution in [0.2, 0.25) is 5.02 Å². The van der Waals surface area contributed by atoms with E-state index in [2.05, 4.69) is 11.4 Å². The molecule has 3 rings (SSSR count). The molecule has 136 valence electrons. The van der Waals surface area contributed by atoms with Crippen molar-refractivity contribution in [3.8, 4) is 6.07 Å². The number of nitriles is 1. The Balaban J connectivity index is 1.60. The molecule has 0 spiro atoms. The van der Waals surface area contributed by atoms with Gasteiger partial charge < -0.3 is 5.32 Å². The van der Waals surface area contributed by atoms with Crippen LogP contribution in [0.5, 0.6) is 0 Å². The Labute approximate surface area is 159 Å². The third kappa shape index (κ3) is 4.55. The number of anilines is 1. The van der Waals surface area contributed by atoms with Crippen LogP contribution in [0.15, 0.2) is 48.5 Å². The van der Waals surface area contributed by atoms with Gasteiger partial charge in [-0.05, 0) is 36.6 Å². The molecule has 2 aromatic rings. The van der Waals surface area contributed by atoms with E-state index in [0.717, 1.165) is 11.3 Å². The largest absolute Gasteiger partial charge is 0.381 e. The maximum atomic E-state index is 12.6.